The summed E-state index contributed by atoms with van der Waals surface area (Å²) in [7, 11) is 3.12. The van der Waals surface area contributed by atoms with E-state index in [4.69, 9.17) is 9.47 Å². The highest BCUT2D eigenvalue weighted by Crippen LogP contribution is 2.41. The SMILES string of the molecule is COc1ccc(NC(=O)C2CC2C(=O)N2CCCC2)cc1OC. The quantitative estimate of drug-likeness (QED) is 0.900. The molecule has 0 spiro atoms. The summed E-state index contributed by atoms with van der Waals surface area (Å²) in [6, 6.07) is 5.23. The first-order valence-electron chi connectivity index (χ1n) is 7.95. The van der Waals surface area contributed by atoms with Gasteiger partial charge in [-0.3, -0.25) is 9.59 Å². The second kappa shape index (κ2) is 6.48. The molecule has 23 heavy (non-hydrogen) atoms. The molecule has 2 atom stereocenters. The van der Waals surface area contributed by atoms with Crippen LogP contribution in [0.25, 0.3) is 0 Å². The van der Waals surface area contributed by atoms with Crippen LogP contribution in [0.1, 0.15) is 19.3 Å². The zero-order valence-electron chi connectivity index (χ0n) is 13.5. The van der Waals surface area contributed by atoms with E-state index in [9.17, 15) is 9.59 Å². The fraction of sp³-hybridized carbons (Fsp3) is 0.529. The van der Waals surface area contributed by atoms with Gasteiger partial charge >= 0.3 is 0 Å². The van der Waals surface area contributed by atoms with Crippen molar-refractivity contribution >= 4 is 17.5 Å². The van der Waals surface area contributed by atoms with Gasteiger partial charge in [-0.05, 0) is 31.4 Å². The van der Waals surface area contributed by atoms with Gasteiger partial charge < -0.3 is 19.7 Å². The zero-order chi connectivity index (χ0) is 16.4. The summed E-state index contributed by atoms with van der Waals surface area (Å²) >= 11 is 0. The molecule has 1 aliphatic carbocycles. The van der Waals surface area contributed by atoms with Crippen molar-refractivity contribution in [2.24, 2.45) is 11.8 Å². The summed E-state index contributed by atoms with van der Waals surface area (Å²) in [5.41, 5.74) is 0.645. The fourth-order valence-electron chi connectivity index (χ4n) is 3.08. The van der Waals surface area contributed by atoms with E-state index in [1.165, 1.54) is 0 Å². The van der Waals surface area contributed by atoms with Crippen molar-refractivity contribution in [2.45, 2.75) is 19.3 Å². The number of carbonyl (C=O) groups excluding carboxylic acids is 2. The van der Waals surface area contributed by atoms with Crippen LogP contribution in [-0.4, -0.2) is 44.0 Å². The van der Waals surface area contributed by atoms with Gasteiger partial charge in [0.05, 0.1) is 26.1 Å². The lowest BCUT2D eigenvalue weighted by Crippen LogP contribution is -2.30. The average molecular weight is 318 g/mol. The molecule has 124 valence electrons. The number of carbonyl (C=O) groups is 2. The number of nitrogens with one attached hydrogen (secondary N) is 1. The van der Waals surface area contributed by atoms with Gasteiger partial charge in [-0.2, -0.15) is 0 Å². The Morgan fingerprint density at radius 3 is 2.43 bits per heavy atom. The first-order chi connectivity index (χ1) is 11.1. The number of anilines is 1. The van der Waals surface area contributed by atoms with E-state index in [-0.39, 0.29) is 23.7 Å². The number of ether oxygens (including phenoxy) is 2. The lowest BCUT2D eigenvalue weighted by atomic mass is 10.2. The molecular formula is C17H22N2O4. The highest BCUT2D eigenvalue weighted by Gasteiger charge is 2.49. The number of hydrogen-bond acceptors (Lipinski definition) is 4. The van der Waals surface area contributed by atoms with E-state index in [2.05, 4.69) is 5.32 Å². The number of amides is 2. The Balaban J connectivity index is 1.59. The maximum atomic E-state index is 12.3. The highest BCUT2D eigenvalue weighted by molar-refractivity contribution is 5.99. The predicted octanol–water partition coefficient (Wildman–Crippen LogP) is 1.90. The smallest absolute Gasteiger partial charge is 0.228 e. The Hall–Kier alpha value is -2.24. The molecule has 1 aromatic rings. The molecule has 0 radical (unpaired) electrons. The number of nitrogens with zero attached hydrogens (tertiary/aromatic N) is 1. The van der Waals surface area contributed by atoms with Crippen LogP contribution >= 0.6 is 0 Å². The summed E-state index contributed by atoms with van der Waals surface area (Å²) in [4.78, 5) is 26.5. The van der Waals surface area contributed by atoms with Crippen LogP contribution in [0.5, 0.6) is 11.5 Å². The molecule has 1 saturated heterocycles. The normalized spacial score (nSPS) is 22.6. The van der Waals surface area contributed by atoms with Gasteiger partial charge in [-0.1, -0.05) is 0 Å². The van der Waals surface area contributed by atoms with Gasteiger partial charge in [0.1, 0.15) is 0 Å². The minimum Gasteiger partial charge on any atom is -0.493 e. The third kappa shape index (κ3) is 3.25. The second-order valence-electron chi connectivity index (χ2n) is 6.04. The van der Waals surface area contributed by atoms with Gasteiger partial charge in [0.25, 0.3) is 0 Å². The van der Waals surface area contributed by atoms with Crippen LogP contribution in [0, 0.1) is 11.8 Å². The van der Waals surface area contributed by atoms with E-state index >= 15 is 0 Å². The van der Waals surface area contributed by atoms with Crippen LogP contribution in [-0.2, 0) is 9.59 Å². The third-order valence-electron chi connectivity index (χ3n) is 4.51. The molecular weight excluding hydrogens is 296 g/mol. The van der Waals surface area contributed by atoms with Crippen molar-refractivity contribution in [2.75, 3.05) is 32.6 Å². The Morgan fingerprint density at radius 2 is 1.78 bits per heavy atom. The van der Waals surface area contributed by atoms with Gasteiger partial charge in [0, 0.05) is 24.8 Å². The van der Waals surface area contributed by atoms with E-state index in [0.29, 0.717) is 23.6 Å². The first-order valence-corrected chi connectivity index (χ1v) is 7.95. The number of likely N-dealkylation sites (tertiary alicyclic amines) is 1. The van der Waals surface area contributed by atoms with E-state index in [0.717, 1.165) is 25.9 Å². The molecule has 1 aliphatic heterocycles. The molecule has 1 saturated carbocycles. The fourth-order valence-corrected chi connectivity index (χ4v) is 3.08. The summed E-state index contributed by atoms with van der Waals surface area (Å²) in [5, 5.41) is 2.86. The zero-order valence-corrected chi connectivity index (χ0v) is 13.5. The molecule has 6 nitrogen and oxygen atoms in total. The van der Waals surface area contributed by atoms with Crippen molar-refractivity contribution in [3.8, 4) is 11.5 Å². The molecule has 2 fully saturated rings. The molecule has 0 bridgehead atoms. The van der Waals surface area contributed by atoms with E-state index < -0.39 is 0 Å². The average Bonchev–Trinajstić information content (AvgIpc) is 3.19. The number of hydrogen-bond donors (Lipinski definition) is 1. The van der Waals surface area contributed by atoms with Crippen LogP contribution in [0.15, 0.2) is 18.2 Å². The molecule has 2 unspecified atom stereocenters. The third-order valence-corrected chi connectivity index (χ3v) is 4.51. The van der Waals surface area contributed by atoms with Crippen molar-refractivity contribution in [1.82, 2.24) is 4.90 Å². The lowest BCUT2D eigenvalue weighted by Gasteiger charge is -2.15. The monoisotopic (exact) mass is 318 g/mol. The van der Waals surface area contributed by atoms with Crippen LogP contribution < -0.4 is 14.8 Å². The summed E-state index contributed by atoms with van der Waals surface area (Å²) in [6.07, 6.45) is 2.79. The molecule has 3 rings (SSSR count). The van der Waals surface area contributed by atoms with Crippen LogP contribution in [0.3, 0.4) is 0 Å². The van der Waals surface area contributed by atoms with Crippen LogP contribution in [0.2, 0.25) is 0 Å². The maximum Gasteiger partial charge on any atom is 0.228 e. The molecule has 0 aromatic heterocycles. The van der Waals surface area contributed by atoms with Crippen LogP contribution in [0.4, 0.5) is 5.69 Å². The first kappa shape index (κ1) is 15.6. The Labute approximate surface area is 135 Å². The topological polar surface area (TPSA) is 67.9 Å². The lowest BCUT2D eigenvalue weighted by molar-refractivity contribution is -0.133. The predicted molar refractivity (Wildman–Crippen MR) is 85.6 cm³/mol. The Kier molecular flexibility index (Phi) is 4.41. The molecule has 1 heterocycles. The largest absolute Gasteiger partial charge is 0.493 e. The van der Waals surface area contributed by atoms with Gasteiger partial charge in [-0.15, -0.1) is 0 Å². The van der Waals surface area contributed by atoms with Crippen molar-refractivity contribution in [3.63, 3.8) is 0 Å². The summed E-state index contributed by atoms with van der Waals surface area (Å²) in [6.45, 7) is 1.67. The molecule has 2 aliphatic rings. The van der Waals surface area contributed by atoms with Gasteiger partial charge in [0.15, 0.2) is 11.5 Å². The Bertz CT molecular complexity index is 611. The number of rotatable bonds is 5. The minimum absolute atomic E-state index is 0.102. The van der Waals surface area contributed by atoms with E-state index in [1.807, 2.05) is 4.90 Å². The molecule has 2 amide bonds. The molecule has 6 heteroatoms. The van der Waals surface area contributed by atoms with Crippen molar-refractivity contribution in [1.29, 1.82) is 0 Å². The summed E-state index contributed by atoms with van der Waals surface area (Å²) < 4.78 is 10.4. The minimum atomic E-state index is -0.212. The van der Waals surface area contributed by atoms with Crippen molar-refractivity contribution in [3.05, 3.63) is 18.2 Å². The highest BCUT2D eigenvalue weighted by atomic mass is 16.5. The van der Waals surface area contributed by atoms with Gasteiger partial charge in [0.2, 0.25) is 11.8 Å². The number of methoxy groups -OCH3 is 2. The van der Waals surface area contributed by atoms with Crippen molar-refractivity contribution < 1.29 is 19.1 Å². The van der Waals surface area contributed by atoms with E-state index in [1.54, 1.807) is 32.4 Å². The standard InChI is InChI=1S/C17H22N2O4/c1-22-14-6-5-11(9-15(14)23-2)18-16(20)12-10-13(12)17(21)19-7-3-4-8-19/h5-6,9,12-13H,3-4,7-8,10H2,1-2H3,(H,18,20). The Morgan fingerprint density at radius 1 is 1.09 bits per heavy atom. The molecule has 1 N–H and O–H groups in total. The van der Waals surface area contributed by atoms with Gasteiger partial charge in [-0.25, -0.2) is 0 Å². The summed E-state index contributed by atoms with van der Waals surface area (Å²) in [5.74, 6) is 0.846. The number of benzene rings is 1. The maximum absolute atomic E-state index is 12.3. The second-order valence-corrected chi connectivity index (χ2v) is 6.04. The molecule has 1 aromatic carbocycles.